The van der Waals surface area contributed by atoms with Gasteiger partial charge in [0.1, 0.15) is 0 Å². The van der Waals surface area contributed by atoms with Gasteiger partial charge in [-0.25, -0.2) is 0 Å². The van der Waals surface area contributed by atoms with Gasteiger partial charge in [0.2, 0.25) is 0 Å². The van der Waals surface area contributed by atoms with Gasteiger partial charge in [-0.15, -0.1) is 0 Å². The summed E-state index contributed by atoms with van der Waals surface area (Å²) in [5.41, 5.74) is 9.82. The van der Waals surface area contributed by atoms with Crippen LogP contribution in [0.2, 0.25) is 0 Å². The number of carbonyl (C=O) groups excluding carboxylic acids is 4. The first-order chi connectivity index (χ1) is 9.07. The zero-order valence-electron chi connectivity index (χ0n) is 10.9. The van der Waals surface area contributed by atoms with E-state index in [-0.39, 0.29) is 33.1 Å². The van der Waals surface area contributed by atoms with Crippen molar-refractivity contribution in [3.8, 4) is 0 Å². The maximum absolute atomic E-state index is 9.86. The molecule has 0 aliphatic carbocycles. The first-order valence-corrected chi connectivity index (χ1v) is 5.40. The van der Waals surface area contributed by atoms with Gasteiger partial charge in [-0.05, 0) is 25.7 Å². The van der Waals surface area contributed by atoms with Crippen LogP contribution in [0.25, 0.3) is 0 Å². The summed E-state index contributed by atoms with van der Waals surface area (Å²) < 4.78 is 0. The van der Waals surface area contributed by atoms with Crippen LogP contribution in [0.3, 0.4) is 0 Å². The Hall–Kier alpha value is -2.20. The Labute approximate surface area is 121 Å². The van der Waals surface area contributed by atoms with E-state index in [1.54, 1.807) is 0 Å². The molecule has 0 spiro atoms. The molecular weight excluding hydrogens is 288 g/mol. The van der Waals surface area contributed by atoms with Crippen molar-refractivity contribution in [3.63, 3.8) is 0 Å². The first-order valence-electron chi connectivity index (χ1n) is 5.40. The molecule has 2 atom stereocenters. The Morgan fingerprint density at radius 3 is 1.10 bits per heavy atom. The van der Waals surface area contributed by atoms with Crippen molar-refractivity contribution in [1.82, 2.24) is 0 Å². The van der Waals surface area contributed by atoms with Gasteiger partial charge < -0.3 is 51.1 Å². The predicted molar refractivity (Wildman–Crippen MR) is 57.7 cm³/mol. The number of nitrogens with two attached hydrogens (primary N) is 2. The number of carbonyl (C=O) groups is 4. The van der Waals surface area contributed by atoms with Crippen molar-refractivity contribution in [3.05, 3.63) is 7.43 Å². The zero-order valence-corrected chi connectivity index (χ0v) is 10.9. The minimum atomic E-state index is -1.44. The van der Waals surface area contributed by atoms with Crippen LogP contribution in [0.15, 0.2) is 0 Å². The second-order valence-electron chi connectivity index (χ2n) is 3.67. The number of hydrogen-bond acceptors (Lipinski definition) is 10. The van der Waals surface area contributed by atoms with Crippen molar-refractivity contribution in [2.45, 2.75) is 37.8 Å². The number of hydrogen-bond donors (Lipinski definition) is 2. The standard InChI is InChI=1S/2C5H9NO4.C/c2*6-3(5(9)10)1-2-4(7)8;/h2*3H,1-2,6H2,(H,7,8)(H,9,10);/q;;+4/p-4. The van der Waals surface area contributed by atoms with Crippen LogP contribution in [0.4, 0.5) is 0 Å². The molecule has 0 aromatic heterocycles. The molecule has 0 rings (SSSR count). The van der Waals surface area contributed by atoms with Crippen molar-refractivity contribution in [2.75, 3.05) is 0 Å². The summed E-state index contributed by atoms with van der Waals surface area (Å²) in [6.45, 7) is 0. The van der Waals surface area contributed by atoms with Crippen molar-refractivity contribution in [1.29, 1.82) is 0 Å². The molecule has 10 nitrogen and oxygen atoms in total. The topological polar surface area (TPSA) is 213 Å². The number of rotatable bonds is 8. The van der Waals surface area contributed by atoms with Crippen LogP contribution < -0.4 is 31.9 Å². The summed E-state index contributed by atoms with van der Waals surface area (Å²) in [4.78, 5) is 39.2. The largest absolute Gasteiger partial charge is 4.00 e. The molecule has 0 heterocycles. The summed E-state index contributed by atoms with van der Waals surface area (Å²) >= 11 is 0. The molecule has 0 amide bonds. The van der Waals surface area contributed by atoms with Crippen LogP contribution >= 0.6 is 0 Å². The van der Waals surface area contributed by atoms with E-state index in [9.17, 15) is 39.6 Å². The second kappa shape index (κ2) is 12.8. The van der Waals surface area contributed by atoms with Crippen LogP contribution in [0.5, 0.6) is 0 Å². The van der Waals surface area contributed by atoms with Crippen molar-refractivity contribution in [2.24, 2.45) is 11.5 Å². The van der Waals surface area contributed by atoms with E-state index in [1.165, 1.54) is 0 Å². The van der Waals surface area contributed by atoms with Crippen molar-refractivity contribution >= 4 is 23.9 Å². The molecular formula is C11H14N2O8. The molecule has 10 heteroatoms. The first kappa shape index (κ1) is 23.9. The summed E-state index contributed by atoms with van der Waals surface area (Å²) in [5, 5.41) is 39.2. The summed E-state index contributed by atoms with van der Waals surface area (Å²) in [5.74, 6) is -5.50. The Morgan fingerprint density at radius 1 is 0.714 bits per heavy atom. The minimum absolute atomic E-state index is 0. The molecule has 0 radical (unpaired) electrons. The molecule has 0 saturated carbocycles. The van der Waals surface area contributed by atoms with E-state index in [0.717, 1.165) is 0 Å². The minimum Gasteiger partial charge on any atom is -0.550 e. The molecule has 0 aromatic carbocycles. The fourth-order valence-corrected chi connectivity index (χ4v) is 0.782. The van der Waals surface area contributed by atoms with Crippen LogP contribution in [-0.2, 0) is 19.2 Å². The normalized spacial score (nSPS) is 11.9. The predicted octanol–water partition coefficient (Wildman–Crippen LogP) is -6.73. The molecule has 0 aliphatic rings. The quantitative estimate of drug-likeness (QED) is 0.432. The second-order valence-corrected chi connectivity index (χ2v) is 3.67. The van der Waals surface area contributed by atoms with Gasteiger partial charge in [0.25, 0.3) is 0 Å². The summed E-state index contributed by atoms with van der Waals surface area (Å²) in [6, 6.07) is -2.42. The monoisotopic (exact) mass is 302 g/mol. The van der Waals surface area contributed by atoms with Gasteiger partial charge in [-0.1, -0.05) is 0 Å². The third-order valence-electron chi connectivity index (χ3n) is 1.92. The molecule has 116 valence electrons. The van der Waals surface area contributed by atoms with E-state index in [0.29, 0.717) is 0 Å². The van der Waals surface area contributed by atoms with Gasteiger partial charge in [-0.3, -0.25) is 0 Å². The average Bonchev–Trinajstić information content (AvgIpc) is 2.33. The van der Waals surface area contributed by atoms with Gasteiger partial charge in [0.15, 0.2) is 0 Å². The molecule has 0 fully saturated rings. The number of carboxylic acid groups (broad SMARTS) is 4. The number of aliphatic carboxylic acids is 4. The summed E-state index contributed by atoms with van der Waals surface area (Å²) in [7, 11) is 0. The molecule has 0 aliphatic heterocycles. The molecule has 0 aromatic rings. The van der Waals surface area contributed by atoms with E-state index >= 15 is 0 Å². The zero-order chi connectivity index (χ0) is 16.3. The Kier molecular flexibility index (Phi) is 14.6. The van der Waals surface area contributed by atoms with Crippen molar-refractivity contribution < 1.29 is 39.6 Å². The van der Waals surface area contributed by atoms with E-state index in [4.69, 9.17) is 11.5 Å². The fourth-order valence-electron chi connectivity index (χ4n) is 0.782. The number of carboxylic acids is 4. The van der Waals surface area contributed by atoms with Crippen LogP contribution in [0, 0.1) is 7.43 Å². The smallest absolute Gasteiger partial charge is 0.550 e. The molecule has 21 heavy (non-hydrogen) atoms. The fraction of sp³-hybridized carbons (Fsp3) is 0.545. The molecule has 0 bridgehead atoms. The molecule has 0 saturated heterocycles. The van der Waals surface area contributed by atoms with E-state index < -0.39 is 36.0 Å². The summed E-state index contributed by atoms with van der Waals surface area (Å²) in [6.07, 6.45) is -1.00. The Balaban J connectivity index is -0.000000295. The van der Waals surface area contributed by atoms with Gasteiger partial charge >= 0.3 is 7.43 Å². The van der Waals surface area contributed by atoms with Crippen LogP contribution in [-0.4, -0.2) is 36.0 Å². The molecule has 4 N–H and O–H groups in total. The van der Waals surface area contributed by atoms with Gasteiger partial charge in [-0.2, -0.15) is 0 Å². The van der Waals surface area contributed by atoms with Gasteiger partial charge in [0, 0.05) is 24.0 Å². The average molecular weight is 302 g/mol. The maximum atomic E-state index is 9.86. The third kappa shape index (κ3) is 17.8. The Morgan fingerprint density at radius 2 is 0.952 bits per heavy atom. The van der Waals surface area contributed by atoms with Gasteiger partial charge in [0.05, 0.1) is 11.9 Å². The maximum Gasteiger partial charge on any atom is 4.00 e. The van der Waals surface area contributed by atoms with E-state index in [2.05, 4.69) is 0 Å². The third-order valence-corrected chi connectivity index (χ3v) is 1.92. The van der Waals surface area contributed by atoms with E-state index in [1.807, 2.05) is 0 Å². The Bertz CT molecular complexity index is 324. The molecule has 2 unspecified atom stereocenters. The SMILES string of the molecule is NC(CCC(=O)[O-])C(=O)[O-].NC(CCC(=O)[O-])C(=O)[O-].[C+4]. The van der Waals surface area contributed by atoms with Crippen LogP contribution in [0.1, 0.15) is 25.7 Å².